The number of carbonyl (C=O) groups is 5. The molecule has 0 aliphatic heterocycles. The van der Waals surface area contributed by atoms with E-state index in [1.807, 2.05) is 23.4 Å². The first kappa shape index (κ1) is 142. The maximum absolute atomic E-state index is 12.8. The average Bonchev–Trinajstić information content (AvgIpc) is 0.864. The van der Waals surface area contributed by atoms with E-state index < -0.39 is 34.5 Å². The second-order valence-electron chi connectivity index (χ2n) is 39.5. The second kappa shape index (κ2) is 121. The second-order valence-corrected chi connectivity index (χ2v) is 43.7. The van der Waals surface area contributed by atoms with Crippen LogP contribution in [0.25, 0.3) is 9.69 Å². The molecule has 0 heterocycles. The first-order valence-electron chi connectivity index (χ1n) is 57.4. The summed E-state index contributed by atoms with van der Waals surface area (Å²) in [4.78, 5) is 66.9. The van der Waals surface area contributed by atoms with Gasteiger partial charge in [-0.15, -0.1) is 0 Å². The van der Waals surface area contributed by atoms with E-state index in [4.69, 9.17) is 66.1 Å². The van der Waals surface area contributed by atoms with Gasteiger partial charge in [-0.2, -0.15) is 0 Å². The smallest absolute Gasteiger partial charge is 0.259 e. The highest BCUT2D eigenvalue weighted by Gasteiger charge is 2.27. The Morgan fingerprint density at radius 3 is 0.684 bits per heavy atom. The number of nitrogens with two attached hydrogens (primary N) is 2. The third-order valence-corrected chi connectivity index (χ3v) is 29.9. The highest BCUT2D eigenvalue weighted by atomic mass is 35.7. The molecule has 0 saturated heterocycles. The molecule has 0 saturated carbocycles. The van der Waals surface area contributed by atoms with Crippen LogP contribution in [-0.4, -0.2) is 158 Å². The third kappa shape index (κ3) is 122. The lowest BCUT2D eigenvalue weighted by Gasteiger charge is -2.32. The fourth-order valence-corrected chi connectivity index (χ4v) is 18.8. The molecule has 0 bridgehead atoms. The van der Waals surface area contributed by atoms with E-state index in [1.165, 1.54) is 411 Å². The molecule has 0 fully saturated rings. The molecule has 20 nitrogen and oxygen atoms in total. The number of hydrogen-bond acceptors (Lipinski definition) is 14. The highest BCUT2D eigenvalue weighted by molar-refractivity contribution is 7.78. The Labute approximate surface area is 854 Å². The van der Waals surface area contributed by atoms with E-state index in [0.29, 0.717) is 64.4 Å². The van der Waals surface area contributed by atoms with E-state index in [0.717, 1.165) is 64.2 Å². The molecule has 0 radical (unpaired) electrons. The van der Waals surface area contributed by atoms with Crippen molar-refractivity contribution in [2.75, 3.05) is 79.7 Å². The topological polar surface area (TPSA) is 269 Å². The predicted octanol–water partition coefficient (Wildman–Crippen LogP) is 32.3. The highest BCUT2D eigenvalue weighted by Crippen LogP contribution is 2.47. The maximum atomic E-state index is 12.8. The van der Waals surface area contributed by atoms with Crippen LogP contribution < -0.4 is 32.7 Å². The number of nitrogens with zero attached hydrogens (tertiary/aromatic N) is 4. The van der Waals surface area contributed by atoms with E-state index >= 15 is 0 Å². The molecule has 0 aromatic heterocycles. The molecule has 0 aliphatic rings. The summed E-state index contributed by atoms with van der Waals surface area (Å²) < 4.78 is 21.7. The van der Waals surface area contributed by atoms with Gasteiger partial charge in [0.05, 0.1) is 12.2 Å². The number of rotatable bonds is 101. The monoisotopic (exact) mass is 2000 g/mol. The summed E-state index contributed by atoms with van der Waals surface area (Å²) in [5.74, 6) is 0.0662. The van der Waals surface area contributed by atoms with Crippen molar-refractivity contribution in [2.24, 2.45) is 11.5 Å². The van der Waals surface area contributed by atoms with Gasteiger partial charge in [-0.05, 0) is 96.7 Å². The van der Waals surface area contributed by atoms with Crippen LogP contribution in [0.1, 0.15) is 570 Å². The fourth-order valence-electron chi connectivity index (χ4n) is 15.8. The Bertz CT molecular complexity index is 2410. The van der Waals surface area contributed by atoms with Gasteiger partial charge < -0.3 is 66.2 Å². The molecule has 0 aromatic rings. The standard InChI is InChI=1S/C46H91N4O4P.C39H78N2O3.C17H33ClO.C7H14ClN2OP.C3H10N2O/c1-7-9-11-13-15-17-19-21-23-25-27-29-31-33-35-37-45(51)48-41-44(54-55(50(6)43(3)4)53-40-39-47-5)42-49-46(52)38-36-34-32-30-28-26-24-22-20-18-16-14-12-10-8-2;1-3-5-7-9-11-13-15-17-19-21-23-25-27-29-31-33-38(43)40-35-37(42)36-41-39(44)34-32-30-28-26-24-22-20-18-16-14-12-10-8-6-4-2;1-2-3-4-5-6-7-8-9-10-11-12-13-14-15-16-17(18)19;1-7(2)10(4)12(8)11-6-5-9-3;4-1-3(6)2-5/h43-44H,7-42H2,1-4,6H3,(H,48,51)(H,49,52);37,42H,3-36H2,1-2H3,(H,40,43)(H,41,44);2-16H2,1H3;7H,5-6H2,1-2,4H3;3,6H,1-2,4-5H2. The Kier molecular flexibility index (Phi) is 127. The lowest BCUT2D eigenvalue weighted by molar-refractivity contribution is -0.123. The zero-order valence-electron chi connectivity index (χ0n) is 91.1. The summed E-state index contributed by atoms with van der Waals surface area (Å²) in [6, 6.07) is 0.556. The number of carbonyl (C=O) groups excluding carboxylic acids is 5. The summed E-state index contributed by atoms with van der Waals surface area (Å²) in [7, 11) is 1.40. The SMILES string of the molecule is CCCCCCCCCCCCCCCCC(=O)Cl.CCCCCCCCCCCCCCCCCC(=O)NCC(O)CNC(=O)CCCCCCCCCCCCCCCCC.NCC(O)CN.[C-]#[N+]CCOP(Cl)N(C)C(C)C.[C-]#[N+]CCOP(OC(CNC(=O)CCCCCCCCCCCCCCCCC)CNC(=O)CCCCCCCCCCCCCCCCC)N(C)C(C)C. The lowest BCUT2D eigenvalue weighted by Crippen LogP contribution is -2.41. The van der Waals surface area contributed by atoms with Crippen LogP contribution in [0.4, 0.5) is 0 Å². The van der Waals surface area contributed by atoms with Gasteiger partial charge in [0.15, 0.2) is 0 Å². The van der Waals surface area contributed by atoms with Gasteiger partial charge in [-0.1, -0.05) is 478 Å². The van der Waals surface area contributed by atoms with Crippen molar-refractivity contribution in [3.8, 4) is 0 Å². The molecule has 0 rings (SSSR count). The van der Waals surface area contributed by atoms with Gasteiger partial charge in [0.1, 0.15) is 19.3 Å². The molecule has 0 aromatic carbocycles. The fraction of sp³-hybridized carbons (Fsp3) is 0.938. The molecule has 808 valence electrons. The van der Waals surface area contributed by atoms with Gasteiger partial charge in [-0.25, -0.2) is 22.5 Å². The number of nitrogens with one attached hydrogen (secondary N) is 4. The number of halogens is 2. The van der Waals surface area contributed by atoms with Crippen LogP contribution in [0.2, 0.25) is 0 Å². The summed E-state index contributed by atoms with van der Waals surface area (Å²) in [5.41, 5.74) is 9.91. The first-order valence-corrected chi connectivity index (χ1v) is 61.1. The summed E-state index contributed by atoms with van der Waals surface area (Å²) in [5, 5.41) is 30.1. The van der Waals surface area contributed by atoms with Crippen LogP contribution in [0.5, 0.6) is 0 Å². The summed E-state index contributed by atoms with van der Waals surface area (Å²) in [6.45, 7) is 36.2. The van der Waals surface area contributed by atoms with Crippen LogP contribution in [-0.2, 0) is 37.5 Å². The Morgan fingerprint density at radius 1 is 0.309 bits per heavy atom. The van der Waals surface area contributed by atoms with Gasteiger partial charge >= 0.3 is 0 Å². The van der Waals surface area contributed by atoms with E-state index in [9.17, 15) is 29.1 Å². The predicted molar refractivity (Wildman–Crippen MR) is 591 cm³/mol. The molecule has 24 heteroatoms. The van der Waals surface area contributed by atoms with Crippen molar-refractivity contribution in [1.82, 2.24) is 30.6 Å². The van der Waals surface area contributed by atoms with Gasteiger partial charge in [-0.3, -0.25) is 24.0 Å². The molecule has 10 N–H and O–H groups in total. The van der Waals surface area contributed by atoms with Crippen LogP contribution in [0.3, 0.4) is 0 Å². The lowest BCUT2D eigenvalue weighted by atomic mass is 10.0. The first-order chi connectivity index (χ1) is 66.1. The van der Waals surface area contributed by atoms with Crippen LogP contribution in [0, 0.1) is 13.1 Å². The Hall–Kier alpha value is -2.39. The van der Waals surface area contributed by atoms with Crippen molar-refractivity contribution in [3.05, 3.63) is 22.8 Å². The van der Waals surface area contributed by atoms with Gasteiger partial charge in [0, 0.05) is 83.5 Å². The molecule has 2 atom stereocenters. The zero-order valence-corrected chi connectivity index (χ0v) is 94.4. The summed E-state index contributed by atoms with van der Waals surface area (Å²) >= 11 is 11.2. The molecule has 0 spiro atoms. The van der Waals surface area contributed by atoms with Gasteiger partial charge in [0.2, 0.25) is 49.6 Å². The van der Waals surface area contributed by atoms with Crippen molar-refractivity contribution < 1.29 is 47.8 Å². The third-order valence-electron chi connectivity index (χ3n) is 25.5. The normalized spacial score (nSPS) is 11.7. The van der Waals surface area contributed by atoms with E-state index in [1.54, 1.807) is 0 Å². The number of hydrogen-bond donors (Lipinski definition) is 8. The zero-order chi connectivity index (χ0) is 101. The van der Waals surface area contributed by atoms with Crippen molar-refractivity contribution in [2.45, 2.75) is 600 Å². The minimum atomic E-state index is -1.45. The summed E-state index contributed by atoms with van der Waals surface area (Å²) in [6.07, 6.45) is 98.4. The van der Waals surface area contributed by atoms with Crippen molar-refractivity contribution in [3.63, 3.8) is 0 Å². The molecule has 136 heavy (non-hydrogen) atoms. The maximum Gasteiger partial charge on any atom is 0.259 e. The quantitative estimate of drug-likeness (QED) is 0.0122. The minimum absolute atomic E-state index is 0.00266. The molecule has 2 unspecified atom stereocenters. The van der Waals surface area contributed by atoms with Crippen molar-refractivity contribution >= 4 is 67.9 Å². The Balaban J connectivity index is -0.000000618. The largest absolute Gasteiger partial charge is 0.390 e. The minimum Gasteiger partial charge on any atom is -0.390 e. The van der Waals surface area contributed by atoms with Gasteiger partial charge in [0.25, 0.3) is 8.53 Å². The Morgan fingerprint density at radius 2 is 0.500 bits per heavy atom. The van der Waals surface area contributed by atoms with Crippen LogP contribution >= 0.6 is 39.0 Å². The number of aliphatic hydroxyl groups is 2. The van der Waals surface area contributed by atoms with E-state index in [-0.39, 0.29) is 74.2 Å². The molecular weight excluding hydrogens is 1780 g/mol. The van der Waals surface area contributed by atoms with E-state index in [2.05, 4.69) is 93.3 Å². The molecular formula is C112H226Cl2N10O10P2. The molecule has 4 amide bonds. The number of aliphatic hydroxyl groups excluding tert-OH is 2. The molecule has 0 aliphatic carbocycles. The number of amides is 4. The number of unbranched alkanes of at least 4 members (excludes halogenated alkanes) is 69. The van der Waals surface area contributed by atoms with Crippen LogP contribution in [0.15, 0.2) is 0 Å². The van der Waals surface area contributed by atoms with Crippen molar-refractivity contribution in [1.29, 1.82) is 0 Å². The average molecular weight is 2010 g/mol.